The van der Waals surface area contributed by atoms with E-state index in [1.165, 1.54) is 4.72 Å². The molecular weight excluding hydrogens is 1420 g/mol. The third-order valence-corrected chi connectivity index (χ3v) is 15.5. The number of aliphatic carboxylic acids is 2. The number of carbonyl (C=O) groups is 8. The molecule has 0 unspecified atom stereocenters. The Balaban J connectivity index is 0.000000483. The first-order chi connectivity index (χ1) is 43.0. The van der Waals surface area contributed by atoms with Crippen LogP contribution in [0.3, 0.4) is 0 Å². The van der Waals surface area contributed by atoms with Gasteiger partial charge in [-0.05, 0) is 12.1 Å². The number of aliphatic hydroxyl groups is 6. The number of Topliss-reactive ketones (excluding diaryl/α,β-unsaturated/α-hetero) is 2. The second-order valence-corrected chi connectivity index (χ2v) is 24.8. The maximum Gasteiger partial charge on any atom is 0.397 e. The quantitative estimate of drug-likeness (QED) is 0.0343. The number of nitrogens with zero attached hydrogens (tertiary/aromatic N) is 1. The third kappa shape index (κ3) is 18.5. The molecule has 54 heteroatoms. The number of aromatic nitrogens is 2. The Morgan fingerprint density at radius 2 is 1.09 bits per heavy atom. The summed E-state index contributed by atoms with van der Waals surface area (Å²) in [5.74, 6) is -12.4. The van der Waals surface area contributed by atoms with Crippen molar-refractivity contribution in [3.05, 3.63) is 40.3 Å². The van der Waals surface area contributed by atoms with Gasteiger partial charge in [0.15, 0.2) is 49.6 Å². The van der Waals surface area contributed by atoms with Crippen LogP contribution in [0.15, 0.2) is 12.1 Å². The fourth-order valence-electron chi connectivity index (χ4n) is 9.47. The number of rotatable bonds is 24. The molecule has 4 aliphatic heterocycles. The number of carboxylic acids is 5. The SMILES string of the molecule is CC(=O)N[C@@H]1[C@@H](O)[C@H](O[C@@H]2O[C@H](C(=O)O)[C@@H](O[C@@H]3O[C@H](CO)[C@@H](O[C@H]4O[C@@H](C(=O)O)[C@H](O)[C@@H](O)[C@@H]4OS(=O)(=O)O)[C@H](OS(=O)(=O)O)[C@H]3NS(=O)(=O)O)[C@H](O)[C@H]2OS(=O)(=O)O)[C@H](COS(=O)(=O)O)O[C@H]1O.O=C(O)c1cc(C(=O)O)c2c(n1)C(=O)C(=O)c1cc(C(=O)O)[nH]c1-2. The molecule has 0 radical (unpaired) electrons. The van der Waals surface area contributed by atoms with Crippen molar-refractivity contribution in [3.63, 3.8) is 0 Å². The predicted molar refractivity (Wildman–Crippen MR) is 274 cm³/mol. The van der Waals surface area contributed by atoms with Crippen molar-refractivity contribution in [1.29, 1.82) is 0 Å². The Bertz CT molecular complexity index is 3880. The summed E-state index contributed by atoms with van der Waals surface area (Å²) in [6, 6.07) is -3.31. The molecule has 4 saturated heterocycles. The minimum atomic E-state index is -6.09. The van der Waals surface area contributed by atoms with Crippen molar-refractivity contribution < 1.29 is 209 Å². The minimum Gasteiger partial charge on any atom is -0.479 e. The summed E-state index contributed by atoms with van der Waals surface area (Å²) >= 11 is 0. The second kappa shape index (κ2) is 29.0. The van der Waals surface area contributed by atoms with Gasteiger partial charge >= 0.3 is 81.7 Å². The number of amides is 1. The lowest BCUT2D eigenvalue weighted by Crippen LogP contribution is -2.71. The zero-order chi connectivity index (χ0) is 71.1. The molecule has 0 saturated carbocycles. The second-order valence-electron chi connectivity index (χ2n) is 19.4. The van der Waals surface area contributed by atoms with E-state index in [0.717, 1.165) is 19.1 Å². The van der Waals surface area contributed by atoms with E-state index in [0.29, 0.717) is 0 Å². The number of aromatic carboxylic acids is 3. The number of aromatic amines is 1. The number of carbonyl (C=O) groups excluding carboxylic acids is 3. The minimum absolute atomic E-state index is 0.200. The normalized spacial score (nSPS) is 32.4. The molecule has 2 aromatic rings. The first kappa shape index (κ1) is 76.4. The van der Waals surface area contributed by atoms with Gasteiger partial charge in [-0.15, -0.1) is 0 Å². The smallest absolute Gasteiger partial charge is 0.397 e. The summed E-state index contributed by atoms with van der Waals surface area (Å²) in [6.45, 7) is -2.24. The van der Waals surface area contributed by atoms with Crippen LogP contribution in [0, 0.1) is 0 Å². The van der Waals surface area contributed by atoms with Crippen LogP contribution < -0.4 is 10.0 Å². The van der Waals surface area contributed by atoms with E-state index in [1.807, 2.05) is 5.32 Å². The van der Waals surface area contributed by atoms with Crippen LogP contribution in [0.1, 0.15) is 59.1 Å². The van der Waals surface area contributed by atoms with Gasteiger partial charge in [0, 0.05) is 12.5 Å². The van der Waals surface area contributed by atoms with Crippen LogP contribution in [-0.2, 0) is 116 Å². The van der Waals surface area contributed by atoms with Gasteiger partial charge in [0.2, 0.25) is 11.7 Å². The lowest BCUT2D eigenvalue weighted by atomic mass is 9.88. The van der Waals surface area contributed by atoms with E-state index in [9.17, 15) is 145 Å². The Morgan fingerprint density at radius 3 is 1.56 bits per heavy atom. The standard InChI is InChI=1S/C26H42N2O37S5.C14H6N2O8/c1-4(30)27-7-9(31)13(6(56-23(7)39)3-55-67(43,44)45)58-26-19(65-70(52,53)54)12(34)16(20(62-26)22(37)38)60-24-8(28-66(40,41)42)15(63-68(46,47)48)14(5(2-29)57-24)59-25-18(64-69(49,50)51)11(33)10(32)17(61-25)21(35)36;17-10-4-2-6(14(23)24)15-8(4)7-3(12(19)20)1-5(13(21)22)16-9(7)11(10)18/h5-20,23-26,28-29,31-34,39H,2-3H2,1H3,(H,27,30)(H,35,36)(H,37,38)(H,40,41,42)(H,43,44,45)(H,46,47,48)(H,49,50,51)(H,52,53,54);1-2,15H,(H,19,20)(H,21,22)(H,23,24)/t5-,6+,7-,8-,9-,10-,11-,12+,13-,14-,15-,16+,17-,18+,19-,20+,23-,24+,25+,26-;/m1./s1. The fourth-order valence-corrected chi connectivity index (χ4v) is 11.8. The Hall–Kier alpha value is -6.58. The van der Waals surface area contributed by atoms with E-state index in [-0.39, 0.29) is 16.8 Å². The molecule has 19 N–H and O–H groups in total. The van der Waals surface area contributed by atoms with Gasteiger partial charge in [0.05, 0.1) is 30.0 Å². The summed E-state index contributed by atoms with van der Waals surface area (Å²) < 4.78 is 222. The zero-order valence-electron chi connectivity index (χ0n) is 45.6. The zero-order valence-corrected chi connectivity index (χ0v) is 49.7. The molecule has 0 bridgehead atoms. The molecule has 20 atom stereocenters. The lowest BCUT2D eigenvalue weighted by molar-refractivity contribution is -0.366. The molecule has 5 aliphatic rings. The molecule has 0 aromatic carbocycles. The Morgan fingerprint density at radius 1 is 0.564 bits per heavy atom. The first-order valence-corrected chi connectivity index (χ1v) is 31.7. The van der Waals surface area contributed by atoms with Crippen molar-refractivity contribution in [1.82, 2.24) is 20.0 Å². The van der Waals surface area contributed by atoms with Crippen LogP contribution >= 0.6 is 0 Å². The maximum absolute atomic E-state index is 12.7. The van der Waals surface area contributed by atoms with Crippen molar-refractivity contribution in [2.45, 2.75) is 130 Å². The number of nitrogens with one attached hydrogen (secondary N) is 3. The molecule has 4 fully saturated rings. The summed E-state index contributed by atoms with van der Waals surface area (Å²) in [5, 5.41) is 113. The first-order valence-electron chi connectivity index (χ1n) is 24.8. The number of fused-ring (bicyclic) bond motifs is 3. The fraction of sp³-hybridized carbons (Fsp3) is 0.575. The Kier molecular flexibility index (Phi) is 23.6. The molecule has 0 spiro atoms. The molecule has 1 aliphatic carbocycles. The number of ether oxygens (including phenoxy) is 7. The molecule has 6 heterocycles. The summed E-state index contributed by atoms with van der Waals surface area (Å²) in [4.78, 5) is 100. The van der Waals surface area contributed by atoms with Crippen LogP contribution in [0.2, 0.25) is 0 Å². The topological polar surface area (TPSA) is 785 Å². The average molecular weight is 1470 g/mol. The molecular formula is C40H48N4O45S5. The monoisotopic (exact) mass is 1460 g/mol. The lowest BCUT2D eigenvalue weighted by Gasteiger charge is -2.50. The number of pyridine rings is 1. The highest BCUT2D eigenvalue weighted by Crippen LogP contribution is 2.39. The van der Waals surface area contributed by atoms with Gasteiger partial charge < -0.3 is 99.6 Å². The van der Waals surface area contributed by atoms with E-state index in [2.05, 4.69) is 26.7 Å². The van der Waals surface area contributed by atoms with E-state index in [4.69, 9.17) is 47.9 Å². The van der Waals surface area contributed by atoms with E-state index >= 15 is 0 Å². The highest BCUT2D eigenvalue weighted by molar-refractivity contribution is 7.83. The summed E-state index contributed by atoms with van der Waals surface area (Å²) in [5.41, 5.74) is -3.21. The third-order valence-electron chi connectivity index (χ3n) is 13.1. The molecule has 1 amide bonds. The summed E-state index contributed by atoms with van der Waals surface area (Å²) in [6.07, 6.45) is -49.1. The van der Waals surface area contributed by atoms with Crippen molar-refractivity contribution >= 4 is 99.2 Å². The molecule has 7 rings (SSSR count). The number of ketones is 2. The maximum atomic E-state index is 12.7. The van der Waals surface area contributed by atoms with Crippen molar-refractivity contribution in [3.8, 4) is 11.3 Å². The predicted octanol–water partition coefficient (Wildman–Crippen LogP) is -10.2. The molecule has 2 aromatic heterocycles. The number of aliphatic hydroxyl groups excluding tert-OH is 6. The van der Waals surface area contributed by atoms with E-state index < -0.39 is 258 Å². The van der Waals surface area contributed by atoms with Gasteiger partial charge in [0.25, 0.3) is 5.78 Å². The molecule has 528 valence electrons. The Labute approximate surface area is 521 Å². The van der Waals surface area contributed by atoms with Crippen LogP contribution in [0.5, 0.6) is 0 Å². The number of hydrogen-bond donors (Lipinski definition) is 19. The molecule has 49 nitrogen and oxygen atoms in total. The van der Waals surface area contributed by atoms with Gasteiger partial charge in [-0.25, -0.2) is 45.7 Å². The van der Waals surface area contributed by atoms with Crippen LogP contribution in [-0.4, -0.2) is 314 Å². The highest BCUT2D eigenvalue weighted by atomic mass is 32.3. The largest absolute Gasteiger partial charge is 0.479 e. The molecule has 94 heavy (non-hydrogen) atoms. The average Bonchev–Trinajstić information content (AvgIpc) is 1.39. The van der Waals surface area contributed by atoms with Crippen LogP contribution in [0.25, 0.3) is 11.3 Å². The highest BCUT2D eigenvalue weighted by Gasteiger charge is 2.60. The number of hydrogen-bond acceptors (Lipinski definition) is 36. The van der Waals surface area contributed by atoms with Crippen molar-refractivity contribution in [2.24, 2.45) is 0 Å². The van der Waals surface area contributed by atoms with Crippen LogP contribution in [0.4, 0.5) is 0 Å². The van der Waals surface area contributed by atoms with Gasteiger partial charge in [-0.1, -0.05) is 0 Å². The number of carboxylic acid groups (broad SMARTS) is 5. The van der Waals surface area contributed by atoms with Gasteiger partial charge in [-0.3, -0.25) is 37.1 Å². The van der Waals surface area contributed by atoms with Gasteiger partial charge in [-0.2, -0.15) is 46.8 Å². The van der Waals surface area contributed by atoms with Crippen molar-refractivity contribution in [2.75, 3.05) is 13.2 Å². The summed E-state index contributed by atoms with van der Waals surface area (Å²) in [7, 11) is -29.1. The van der Waals surface area contributed by atoms with E-state index in [1.54, 1.807) is 0 Å². The number of H-pyrrole nitrogens is 1. The van der Waals surface area contributed by atoms with Gasteiger partial charge in [0.1, 0.15) is 90.2 Å².